The van der Waals surface area contributed by atoms with E-state index >= 15 is 0 Å². The maximum atomic E-state index is 2.35. The summed E-state index contributed by atoms with van der Waals surface area (Å²) in [7, 11) is 4.21. The van der Waals surface area contributed by atoms with Crippen molar-refractivity contribution < 1.29 is 0 Å². The second-order valence-electron chi connectivity index (χ2n) is 3.57. The molecule has 0 saturated carbocycles. The third-order valence-electron chi connectivity index (χ3n) is 2.19. The second-order valence-corrected chi connectivity index (χ2v) is 3.57. The van der Waals surface area contributed by atoms with Gasteiger partial charge in [-0.05, 0) is 40.1 Å². The summed E-state index contributed by atoms with van der Waals surface area (Å²) in [5, 5.41) is 0. The Morgan fingerprint density at radius 1 is 1.17 bits per heavy atom. The number of hydrogen-bond donors (Lipinski definition) is 0. The largest absolute Gasteiger partial charge is 0.348 e. The second kappa shape index (κ2) is 3.76. The zero-order valence-corrected chi connectivity index (χ0v) is 8.46. The molecule has 0 aliphatic rings. The van der Waals surface area contributed by atoms with Crippen LogP contribution >= 0.6 is 0 Å². The number of hydrogen-bond acceptors (Lipinski definition) is 1. The predicted molar refractivity (Wildman–Crippen MR) is 52.5 cm³/mol. The predicted octanol–water partition coefficient (Wildman–Crippen LogP) is 1.67. The minimum atomic E-state index is 1.09. The summed E-state index contributed by atoms with van der Waals surface area (Å²) in [5.74, 6) is 0. The average molecular weight is 166 g/mol. The van der Waals surface area contributed by atoms with Crippen LogP contribution in [-0.4, -0.2) is 30.1 Å². The van der Waals surface area contributed by atoms with Gasteiger partial charge in [-0.2, -0.15) is 0 Å². The van der Waals surface area contributed by atoms with Gasteiger partial charge in [0.1, 0.15) is 0 Å². The standard InChI is InChI=1S/C10H18N2/c1-9-5-6-10(2)12(9)8-7-11(3)4/h5-6H,7-8H2,1-4H3. The molecule has 1 rings (SSSR count). The van der Waals surface area contributed by atoms with Gasteiger partial charge in [-0.25, -0.2) is 0 Å². The lowest BCUT2D eigenvalue weighted by Gasteiger charge is -2.13. The summed E-state index contributed by atoms with van der Waals surface area (Å²) in [6.07, 6.45) is 0. The van der Waals surface area contributed by atoms with Gasteiger partial charge in [0.05, 0.1) is 0 Å². The Bertz CT molecular complexity index is 229. The fraction of sp³-hybridized carbons (Fsp3) is 0.600. The zero-order valence-electron chi connectivity index (χ0n) is 8.46. The van der Waals surface area contributed by atoms with Crippen LogP contribution in [0.2, 0.25) is 0 Å². The van der Waals surface area contributed by atoms with Crippen molar-refractivity contribution >= 4 is 0 Å². The molecule has 0 bridgehead atoms. The summed E-state index contributed by atoms with van der Waals surface area (Å²) in [6.45, 7) is 6.51. The molecular formula is C10H18N2. The van der Waals surface area contributed by atoms with Gasteiger partial charge in [-0.3, -0.25) is 0 Å². The molecule has 68 valence electrons. The molecule has 0 atom stereocenters. The first-order valence-electron chi connectivity index (χ1n) is 4.38. The van der Waals surface area contributed by atoms with E-state index < -0.39 is 0 Å². The minimum absolute atomic E-state index is 1.09. The average Bonchev–Trinajstić information content (AvgIpc) is 2.28. The summed E-state index contributed by atoms with van der Waals surface area (Å²) < 4.78 is 2.35. The molecule has 2 nitrogen and oxygen atoms in total. The van der Waals surface area contributed by atoms with Crippen LogP contribution in [0, 0.1) is 13.8 Å². The molecule has 2 heteroatoms. The maximum absolute atomic E-state index is 2.35. The summed E-state index contributed by atoms with van der Waals surface area (Å²) >= 11 is 0. The molecule has 0 aromatic carbocycles. The Morgan fingerprint density at radius 3 is 2.08 bits per heavy atom. The van der Waals surface area contributed by atoms with Gasteiger partial charge in [-0.1, -0.05) is 0 Å². The fourth-order valence-electron chi connectivity index (χ4n) is 1.35. The van der Waals surface area contributed by atoms with Gasteiger partial charge in [0.25, 0.3) is 0 Å². The molecular weight excluding hydrogens is 148 g/mol. The molecule has 0 fully saturated rings. The van der Waals surface area contributed by atoms with E-state index in [4.69, 9.17) is 0 Å². The molecule has 0 radical (unpaired) electrons. The van der Waals surface area contributed by atoms with Crippen molar-refractivity contribution in [3.63, 3.8) is 0 Å². The van der Waals surface area contributed by atoms with Crippen LogP contribution in [0.4, 0.5) is 0 Å². The van der Waals surface area contributed by atoms with Crippen LogP contribution in [0.15, 0.2) is 12.1 Å². The Morgan fingerprint density at radius 2 is 1.67 bits per heavy atom. The smallest absolute Gasteiger partial charge is 0.0352 e. The Labute approximate surface area is 74.8 Å². The van der Waals surface area contributed by atoms with Crippen molar-refractivity contribution in [3.8, 4) is 0 Å². The van der Waals surface area contributed by atoms with Crippen molar-refractivity contribution in [2.75, 3.05) is 20.6 Å². The first-order valence-corrected chi connectivity index (χ1v) is 4.38. The molecule has 0 spiro atoms. The van der Waals surface area contributed by atoms with Crippen LogP contribution < -0.4 is 0 Å². The van der Waals surface area contributed by atoms with E-state index in [-0.39, 0.29) is 0 Å². The number of nitrogens with zero attached hydrogens (tertiary/aromatic N) is 2. The molecule has 1 aromatic rings. The summed E-state index contributed by atoms with van der Waals surface area (Å²) in [5.41, 5.74) is 2.71. The molecule has 12 heavy (non-hydrogen) atoms. The highest BCUT2D eigenvalue weighted by atomic mass is 15.1. The molecule has 0 amide bonds. The SMILES string of the molecule is Cc1ccc(C)n1CCN(C)C. The van der Waals surface area contributed by atoms with Crippen molar-refractivity contribution in [2.45, 2.75) is 20.4 Å². The lowest BCUT2D eigenvalue weighted by molar-refractivity contribution is 0.380. The highest BCUT2D eigenvalue weighted by Crippen LogP contribution is 2.06. The Balaban J connectivity index is 2.62. The van der Waals surface area contributed by atoms with E-state index in [0.29, 0.717) is 0 Å². The molecule has 0 aliphatic heterocycles. The number of likely N-dealkylation sites (N-methyl/N-ethyl adjacent to an activating group) is 1. The van der Waals surface area contributed by atoms with Crippen LogP contribution in [0.25, 0.3) is 0 Å². The first-order chi connectivity index (χ1) is 5.61. The van der Waals surface area contributed by atoms with E-state index in [1.54, 1.807) is 0 Å². The topological polar surface area (TPSA) is 8.17 Å². The molecule has 0 saturated heterocycles. The Kier molecular flexibility index (Phi) is 2.93. The van der Waals surface area contributed by atoms with Crippen molar-refractivity contribution in [1.82, 2.24) is 9.47 Å². The van der Waals surface area contributed by atoms with Crippen molar-refractivity contribution in [1.29, 1.82) is 0 Å². The summed E-state index contributed by atoms with van der Waals surface area (Å²) in [6, 6.07) is 4.34. The first kappa shape index (κ1) is 9.33. The Hall–Kier alpha value is -0.760. The van der Waals surface area contributed by atoms with Crippen LogP contribution in [0.3, 0.4) is 0 Å². The van der Waals surface area contributed by atoms with Gasteiger partial charge >= 0.3 is 0 Å². The van der Waals surface area contributed by atoms with E-state index in [2.05, 4.69) is 49.5 Å². The van der Waals surface area contributed by atoms with Gasteiger partial charge in [0.2, 0.25) is 0 Å². The fourth-order valence-corrected chi connectivity index (χ4v) is 1.35. The number of aromatic nitrogens is 1. The zero-order chi connectivity index (χ0) is 9.14. The minimum Gasteiger partial charge on any atom is -0.348 e. The monoisotopic (exact) mass is 166 g/mol. The van der Waals surface area contributed by atoms with Crippen molar-refractivity contribution in [3.05, 3.63) is 23.5 Å². The molecule has 1 heterocycles. The molecule has 0 N–H and O–H groups in total. The third kappa shape index (κ3) is 2.11. The van der Waals surface area contributed by atoms with Gasteiger partial charge in [0.15, 0.2) is 0 Å². The van der Waals surface area contributed by atoms with Gasteiger partial charge < -0.3 is 9.47 Å². The normalized spacial score (nSPS) is 11.1. The van der Waals surface area contributed by atoms with Gasteiger partial charge in [-0.15, -0.1) is 0 Å². The lowest BCUT2D eigenvalue weighted by Crippen LogP contribution is -2.19. The van der Waals surface area contributed by atoms with E-state index in [9.17, 15) is 0 Å². The van der Waals surface area contributed by atoms with Crippen LogP contribution in [0.5, 0.6) is 0 Å². The van der Waals surface area contributed by atoms with E-state index in [1.807, 2.05) is 0 Å². The molecule has 0 aliphatic carbocycles. The lowest BCUT2D eigenvalue weighted by atomic mass is 10.4. The maximum Gasteiger partial charge on any atom is 0.0352 e. The molecule has 1 aromatic heterocycles. The molecule has 0 unspecified atom stereocenters. The highest BCUT2D eigenvalue weighted by Gasteiger charge is 1.99. The van der Waals surface area contributed by atoms with Crippen molar-refractivity contribution in [2.24, 2.45) is 0 Å². The van der Waals surface area contributed by atoms with Crippen LogP contribution in [0.1, 0.15) is 11.4 Å². The summed E-state index contributed by atoms with van der Waals surface area (Å²) in [4.78, 5) is 2.21. The third-order valence-corrected chi connectivity index (χ3v) is 2.19. The van der Waals surface area contributed by atoms with E-state index in [0.717, 1.165) is 13.1 Å². The number of rotatable bonds is 3. The highest BCUT2D eigenvalue weighted by molar-refractivity contribution is 5.13. The van der Waals surface area contributed by atoms with Gasteiger partial charge in [0, 0.05) is 24.5 Å². The quantitative estimate of drug-likeness (QED) is 0.663. The van der Waals surface area contributed by atoms with E-state index in [1.165, 1.54) is 11.4 Å². The number of aryl methyl sites for hydroxylation is 2. The van der Waals surface area contributed by atoms with Crippen LogP contribution in [-0.2, 0) is 6.54 Å².